The summed E-state index contributed by atoms with van der Waals surface area (Å²) in [5.74, 6) is 0.375. The summed E-state index contributed by atoms with van der Waals surface area (Å²) in [7, 11) is 2.59. The zero-order chi connectivity index (χ0) is 26.1. The van der Waals surface area contributed by atoms with Gasteiger partial charge in [0.25, 0.3) is 0 Å². The average Bonchev–Trinajstić information content (AvgIpc) is 3.49. The van der Waals surface area contributed by atoms with Crippen LogP contribution >= 0.6 is 0 Å². The van der Waals surface area contributed by atoms with E-state index in [0.29, 0.717) is 29.9 Å². The number of esters is 2. The van der Waals surface area contributed by atoms with Gasteiger partial charge in [-0.2, -0.15) is 0 Å². The highest BCUT2D eigenvalue weighted by atomic mass is 16.5. The molecule has 2 heterocycles. The molecule has 186 valence electrons. The number of nitrogens with one attached hydrogen (secondary N) is 1. The molecule has 0 fully saturated rings. The molecule has 0 unspecified atom stereocenters. The fourth-order valence-corrected chi connectivity index (χ4v) is 3.32. The van der Waals surface area contributed by atoms with E-state index in [1.807, 2.05) is 37.3 Å². The van der Waals surface area contributed by atoms with E-state index in [1.54, 1.807) is 13.0 Å². The summed E-state index contributed by atoms with van der Waals surface area (Å²) in [6, 6.07) is 21.6. The topological polar surface area (TPSA) is 108 Å². The number of anilines is 1. The van der Waals surface area contributed by atoms with Gasteiger partial charge in [-0.1, -0.05) is 42.5 Å². The first-order valence-electron chi connectivity index (χ1n) is 11.1. The molecule has 4 aromatic rings. The molecule has 0 bridgehead atoms. The second-order valence-corrected chi connectivity index (χ2v) is 7.71. The average molecular weight is 490 g/mol. The molecule has 4 rings (SSSR count). The fourth-order valence-electron chi connectivity index (χ4n) is 3.32. The summed E-state index contributed by atoms with van der Waals surface area (Å²) >= 11 is 0. The van der Waals surface area contributed by atoms with Gasteiger partial charge < -0.3 is 23.6 Å². The monoisotopic (exact) mass is 489 g/mol. The smallest absolute Gasteiger partial charge is 0.373 e. The number of hydrogen-bond donors (Lipinski definition) is 1. The van der Waals surface area contributed by atoms with Gasteiger partial charge >= 0.3 is 11.9 Å². The van der Waals surface area contributed by atoms with Gasteiger partial charge in [-0.05, 0) is 43.2 Å². The summed E-state index contributed by atoms with van der Waals surface area (Å²) in [6.45, 7) is 4.02. The van der Waals surface area contributed by atoms with Gasteiger partial charge in [0, 0.05) is 23.9 Å². The van der Waals surface area contributed by atoms with Crippen LogP contribution in [0.4, 0.5) is 5.69 Å². The van der Waals surface area contributed by atoms with Crippen LogP contribution in [0.25, 0.3) is 11.1 Å². The lowest BCUT2D eigenvalue weighted by molar-refractivity contribution is 0.0556. The summed E-state index contributed by atoms with van der Waals surface area (Å²) in [6.07, 6.45) is 0.630. The van der Waals surface area contributed by atoms with Gasteiger partial charge in [0.1, 0.15) is 11.5 Å². The van der Waals surface area contributed by atoms with Crippen LogP contribution in [0.1, 0.15) is 48.6 Å². The van der Waals surface area contributed by atoms with E-state index in [-0.39, 0.29) is 11.5 Å². The van der Waals surface area contributed by atoms with Crippen LogP contribution in [0.3, 0.4) is 0 Å². The normalized spacial score (nSPS) is 10.1. The SMILES string of the molecule is COC(=O)c1cc(C=O)c(C)o1.COC(=O)c1cc(CNc2ccc(-c3ccccc3)cc2)c(C)o1. The van der Waals surface area contributed by atoms with Crippen molar-refractivity contribution in [2.24, 2.45) is 0 Å². The third-order valence-corrected chi connectivity index (χ3v) is 5.35. The molecule has 36 heavy (non-hydrogen) atoms. The molecule has 8 nitrogen and oxygen atoms in total. The Morgan fingerprint density at radius 2 is 1.36 bits per heavy atom. The van der Waals surface area contributed by atoms with E-state index in [0.717, 1.165) is 11.3 Å². The molecule has 0 aliphatic rings. The Hall–Kier alpha value is -4.59. The lowest BCUT2D eigenvalue weighted by atomic mass is 10.1. The first-order chi connectivity index (χ1) is 17.4. The number of carbonyl (C=O) groups is 3. The standard InChI is InChI=1S/C20H19NO3.C8H8O4/c1-14-17(12-19(24-14)20(22)23-2)13-21-18-10-8-16(9-11-18)15-6-4-3-5-7-15;1-5-6(4-9)3-7(12-5)8(10)11-2/h3-12,21H,13H2,1-2H3;3-4H,1-2H3. The molecule has 0 aliphatic carbocycles. The summed E-state index contributed by atoms with van der Waals surface area (Å²) in [4.78, 5) is 32.7. The second kappa shape index (κ2) is 12.2. The number of carbonyl (C=O) groups excluding carboxylic acids is 3. The van der Waals surface area contributed by atoms with E-state index >= 15 is 0 Å². The molecule has 1 N–H and O–H groups in total. The van der Waals surface area contributed by atoms with Crippen LogP contribution in [0.15, 0.2) is 75.6 Å². The van der Waals surface area contributed by atoms with E-state index in [1.165, 1.54) is 31.4 Å². The van der Waals surface area contributed by atoms with E-state index in [9.17, 15) is 14.4 Å². The van der Waals surface area contributed by atoms with Crippen LogP contribution in [0.2, 0.25) is 0 Å². The van der Waals surface area contributed by atoms with E-state index in [2.05, 4.69) is 39.1 Å². The lowest BCUT2D eigenvalue weighted by Gasteiger charge is -2.07. The number of aldehydes is 1. The minimum absolute atomic E-state index is 0.0529. The van der Waals surface area contributed by atoms with E-state index in [4.69, 9.17) is 8.83 Å². The Bertz CT molecular complexity index is 1320. The predicted molar refractivity (Wildman–Crippen MR) is 134 cm³/mol. The first-order valence-corrected chi connectivity index (χ1v) is 11.1. The van der Waals surface area contributed by atoms with Gasteiger partial charge in [0.2, 0.25) is 11.5 Å². The third kappa shape index (κ3) is 6.50. The van der Waals surface area contributed by atoms with Crippen molar-refractivity contribution < 1.29 is 32.7 Å². The Morgan fingerprint density at radius 1 is 0.806 bits per heavy atom. The number of ether oxygens (including phenoxy) is 2. The van der Waals surface area contributed by atoms with Crippen molar-refractivity contribution in [2.75, 3.05) is 19.5 Å². The highest BCUT2D eigenvalue weighted by molar-refractivity contribution is 5.89. The second-order valence-electron chi connectivity index (χ2n) is 7.71. The largest absolute Gasteiger partial charge is 0.463 e. The molecule has 8 heteroatoms. The van der Waals surface area contributed by atoms with Crippen LogP contribution in [0, 0.1) is 13.8 Å². The predicted octanol–water partition coefficient (Wildman–Crippen LogP) is 5.84. The molecule has 0 saturated heterocycles. The van der Waals surface area contributed by atoms with Crippen molar-refractivity contribution >= 4 is 23.9 Å². The number of methoxy groups -OCH3 is 2. The van der Waals surface area contributed by atoms with Crippen molar-refractivity contribution in [3.8, 4) is 11.1 Å². The Kier molecular flexibility index (Phi) is 8.83. The molecule has 2 aromatic heterocycles. The van der Waals surface area contributed by atoms with Crippen LogP contribution in [-0.4, -0.2) is 32.4 Å². The fraction of sp³-hybridized carbons (Fsp3) is 0.179. The minimum Gasteiger partial charge on any atom is -0.463 e. The maximum atomic E-state index is 11.5. The molecule has 0 saturated carbocycles. The molecule has 0 aliphatic heterocycles. The number of aryl methyl sites for hydroxylation is 2. The van der Waals surface area contributed by atoms with Crippen molar-refractivity contribution in [3.05, 3.63) is 101 Å². The highest BCUT2D eigenvalue weighted by Crippen LogP contribution is 2.22. The molecule has 0 spiro atoms. The molecular formula is C28H27NO7. The Morgan fingerprint density at radius 3 is 1.92 bits per heavy atom. The zero-order valence-electron chi connectivity index (χ0n) is 20.5. The van der Waals surface area contributed by atoms with Gasteiger partial charge in [-0.3, -0.25) is 4.79 Å². The first kappa shape index (κ1) is 26.0. The maximum Gasteiger partial charge on any atom is 0.373 e. The van der Waals surface area contributed by atoms with Crippen molar-refractivity contribution in [1.82, 2.24) is 0 Å². The van der Waals surface area contributed by atoms with Crippen LogP contribution in [-0.2, 0) is 16.0 Å². The van der Waals surface area contributed by atoms with Crippen molar-refractivity contribution in [2.45, 2.75) is 20.4 Å². The molecular weight excluding hydrogens is 462 g/mol. The van der Waals surface area contributed by atoms with Gasteiger partial charge in [0.05, 0.1) is 19.8 Å². The zero-order valence-corrected chi connectivity index (χ0v) is 20.5. The van der Waals surface area contributed by atoms with E-state index < -0.39 is 11.9 Å². The number of benzene rings is 2. The van der Waals surface area contributed by atoms with Crippen LogP contribution < -0.4 is 5.32 Å². The van der Waals surface area contributed by atoms with Crippen molar-refractivity contribution in [1.29, 1.82) is 0 Å². The summed E-state index contributed by atoms with van der Waals surface area (Å²) < 4.78 is 19.4. The Labute approximate surface area is 208 Å². The minimum atomic E-state index is -0.578. The molecule has 2 aromatic carbocycles. The number of furan rings is 2. The van der Waals surface area contributed by atoms with Gasteiger partial charge in [-0.15, -0.1) is 0 Å². The third-order valence-electron chi connectivity index (χ3n) is 5.35. The molecule has 0 radical (unpaired) electrons. The van der Waals surface area contributed by atoms with Gasteiger partial charge in [-0.25, -0.2) is 9.59 Å². The van der Waals surface area contributed by atoms with Crippen LogP contribution in [0.5, 0.6) is 0 Å². The quantitative estimate of drug-likeness (QED) is 0.255. The highest BCUT2D eigenvalue weighted by Gasteiger charge is 2.15. The number of rotatable bonds is 7. The van der Waals surface area contributed by atoms with Crippen molar-refractivity contribution in [3.63, 3.8) is 0 Å². The number of hydrogen-bond acceptors (Lipinski definition) is 8. The van der Waals surface area contributed by atoms with Gasteiger partial charge in [0.15, 0.2) is 6.29 Å². The molecule has 0 atom stereocenters. The lowest BCUT2D eigenvalue weighted by Crippen LogP contribution is -2.00. The summed E-state index contributed by atoms with van der Waals surface area (Å²) in [5.41, 5.74) is 4.68. The Balaban J connectivity index is 0.000000253. The molecule has 0 amide bonds. The summed E-state index contributed by atoms with van der Waals surface area (Å²) in [5, 5.41) is 3.34. The maximum absolute atomic E-state index is 11.5.